The maximum Gasteiger partial charge on any atom is 0.306 e. The predicted octanol–water partition coefficient (Wildman–Crippen LogP) is 10.6. The minimum atomic E-state index is -1.71. The molecule has 0 aromatic heterocycles. The number of carbonyl (C=O) groups is 1. The average molecular weight is 1060 g/mol. The lowest BCUT2D eigenvalue weighted by molar-refractivity contribution is -0.332. The Kier molecular flexibility index (Phi) is 43.3. The van der Waals surface area contributed by atoms with E-state index in [1.54, 1.807) is 0 Å². The summed E-state index contributed by atoms with van der Waals surface area (Å²) in [6, 6.07) is 0. The van der Waals surface area contributed by atoms with E-state index < -0.39 is 80.7 Å². The molecule has 14 nitrogen and oxygen atoms in total. The van der Waals surface area contributed by atoms with Gasteiger partial charge in [0.25, 0.3) is 0 Å². The fourth-order valence-electron chi connectivity index (χ4n) is 8.95. The van der Waals surface area contributed by atoms with Crippen molar-refractivity contribution in [2.24, 2.45) is 0 Å². The molecule has 2 fully saturated rings. The van der Waals surface area contributed by atoms with Crippen molar-refractivity contribution in [2.75, 3.05) is 33.0 Å². The molecule has 0 aromatic rings. The zero-order valence-corrected chi connectivity index (χ0v) is 46.5. The predicted molar refractivity (Wildman–Crippen MR) is 298 cm³/mol. The van der Waals surface area contributed by atoms with Crippen LogP contribution >= 0.6 is 0 Å². The van der Waals surface area contributed by atoms with Crippen molar-refractivity contribution in [1.29, 1.82) is 0 Å². The van der Waals surface area contributed by atoms with Crippen LogP contribution < -0.4 is 0 Å². The van der Waals surface area contributed by atoms with E-state index in [1.807, 2.05) is 0 Å². The molecule has 0 amide bonds. The van der Waals surface area contributed by atoms with Crippen LogP contribution in [0, 0.1) is 0 Å². The second-order valence-corrected chi connectivity index (χ2v) is 20.4. The highest BCUT2D eigenvalue weighted by atomic mass is 16.7. The van der Waals surface area contributed by atoms with Crippen LogP contribution in [-0.2, 0) is 33.2 Å². The smallest absolute Gasteiger partial charge is 0.306 e. The van der Waals surface area contributed by atoms with Gasteiger partial charge in [0.1, 0.15) is 54.9 Å². The number of esters is 1. The topological polar surface area (TPSA) is 214 Å². The van der Waals surface area contributed by atoms with Gasteiger partial charge in [-0.2, -0.15) is 0 Å². The number of hydrogen-bond donors (Lipinski definition) is 7. The minimum absolute atomic E-state index is 0.0527. The third-order valence-electron chi connectivity index (χ3n) is 13.7. The Morgan fingerprint density at radius 1 is 0.453 bits per heavy atom. The molecular formula is C61H106O14. The largest absolute Gasteiger partial charge is 0.457 e. The van der Waals surface area contributed by atoms with Crippen molar-refractivity contribution in [3.8, 4) is 0 Å². The molecule has 0 aromatic carbocycles. The molecular weight excluding hydrogens is 957 g/mol. The SMILES string of the molecule is CC/C=C\C/C=C\C/C=C\C/C=C\CCCCCCCCCCCOCC(COC1OC(COC2OC(CO)C(O)C(O)C2O)C(O)C(O)C1O)OC(=O)CCCCCCCCCCC/C=C\C/C=C\CCCCC. The van der Waals surface area contributed by atoms with Crippen LogP contribution in [0.4, 0.5) is 0 Å². The van der Waals surface area contributed by atoms with Gasteiger partial charge >= 0.3 is 5.97 Å². The minimum Gasteiger partial charge on any atom is -0.457 e. The molecule has 0 radical (unpaired) electrons. The van der Waals surface area contributed by atoms with Crippen molar-refractivity contribution in [1.82, 2.24) is 0 Å². The van der Waals surface area contributed by atoms with E-state index in [2.05, 4.69) is 86.8 Å². The van der Waals surface area contributed by atoms with Gasteiger partial charge in [-0.3, -0.25) is 4.79 Å². The quantitative estimate of drug-likeness (QED) is 0.0172. The number of carbonyl (C=O) groups excluding carboxylic acids is 1. The van der Waals surface area contributed by atoms with Crippen LogP contribution in [0.25, 0.3) is 0 Å². The fourth-order valence-corrected chi connectivity index (χ4v) is 8.95. The van der Waals surface area contributed by atoms with Gasteiger partial charge in [-0.05, 0) is 83.5 Å². The summed E-state index contributed by atoms with van der Waals surface area (Å²) < 4.78 is 34.4. The van der Waals surface area contributed by atoms with Gasteiger partial charge in [-0.15, -0.1) is 0 Å². The Balaban J connectivity index is 1.71. The average Bonchev–Trinajstić information content (AvgIpc) is 3.41. The number of unbranched alkanes of at least 4 members (excludes halogenated alkanes) is 21. The summed E-state index contributed by atoms with van der Waals surface area (Å²) in [6.07, 6.45) is 43.8. The van der Waals surface area contributed by atoms with E-state index in [0.29, 0.717) is 13.0 Å². The molecule has 0 aliphatic carbocycles. The number of aliphatic hydroxyl groups is 7. The van der Waals surface area contributed by atoms with Gasteiger partial charge in [0.15, 0.2) is 12.6 Å². The van der Waals surface area contributed by atoms with Crippen LogP contribution in [0.15, 0.2) is 72.9 Å². The second kappa shape index (κ2) is 47.4. The van der Waals surface area contributed by atoms with Crippen molar-refractivity contribution in [3.63, 3.8) is 0 Å². The van der Waals surface area contributed by atoms with E-state index >= 15 is 0 Å². The first kappa shape index (κ1) is 68.5. The molecule has 0 saturated carbocycles. The zero-order chi connectivity index (χ0) is 54.4. The molecule has 14 heteroatoms. The Hall–Kier alpha value is -2.57. The molecule has 7 N–H and O–H groups in total. The second-order valence-electron chi connectivity index (χ2n) is 20.4. The molecule has 75 heavy (non-hydrogen) atoms. The lowest BCUT2D eigenvalue weighted by Gasteiger charge is -2.42. The highest BCUT2D eigenvalue weighted by molar-refractivity contribution is 5.69. The molecule has 2 rings (SSSR count). The van der Waals surface area contributed by atoms with Crippen LogP contribution in [0.3, 0.4) is 0 Å². The summed E-state index contributed by atoms with van der Waals surface area (Å²) in [5.41, 5.74) is 0. The summed E-state index contributed by atoms with van der Waals surface area (Å²) in [7, 11) is 0. The van der Waals surface area contributed by atoms with Gasteiger partial charge < -0.3 is 64.2 Å². The molecule has 11 unspecified atom stereocenters. The van der Waals surface area contributed by atoms with E-state index in [9.17, 15) is 40.5 Å². The van der Waals surface area contributed by atoms with Crippen molar-refractivity contribution < 1.29 is 69.0 Å². The number of ether oxygens (including phenoxy) is 6. The lowest BCUT2D eigenvalue weighted by atomic mass is 9.98. The van der Waals surface area contributed by atoms with Gasteiger partial charge in [-0.1, -0.05) is 189 Å². The highest BCUT2D eigenvalue weighted by Crippen LogP contribution is 2.26. The zero-order valence-electron chi connectivity index (χ0n) is 46.5. The highest BCUT2D eigenvalue weighted by Gasteiger charge is 2.47. The lowest BCUT2D eigenvalue weighted by Crippen LogP contribution is -2.61. The Morgan fingerprint density at radius 3 is 1.36 bits per heavy atom. The molecule has 2 aliphatic heterocycles. The van der Waals surface area contributed by atoms with Crippen LogP contribution in [0.2, 0.25) is 0 Å². The third kappa shape index (κ3) is 34.1. The standard InChI is InChI=1S/C61H106O14/c1-3-5-7-9-11-13-15-17-19-21-23-24-25-27-29-31-33-35-37-39-41-43-45-70-47-50(73-53(63)44-42-40-38-36-34-32-30-28-26-22-20-18-16-14-12-10-8-6-4-2)48-71-60-59(69)57(67)55(65)52(75-60)49-72-61-58(68)56(66)54(64)51(46-62)74-61/h5,7,11-14,17-20,23-24,50-52,54-62,64-69H,3-4,6,8-10,15-16,21-22,25-49H2,1-2H3/b7-5-,13-11-,14-12-,19-17-,20-18-,24-23-. The first-order valence-electron chi connectivity index (χ1n) is 29.5. The number of rotatable bonds is 47. The summed E-state index contributed by atoms with van der Waals surface area (Å²) in [5, 5.41) is 72.4. The molecule has 2 aliphatic rings. The summed E-state index contributed by atoms with van der Waals surface area (Å²) in [4.78, 5) is 13.1. The molecule has 2 saturated heterocycles. The van der Waals surface area contributed by atoms with E-state index in [0.717, 1.165) is 83.5 Å². The maximum absolute atomic E-state index is 13.1. The molecule has 2 heterocycles. The van der Waals surface area contributed by atoms with Gasteiger partial charge in [0.05, 0.1) is 26.4 Å². The first-order chi connectivity index (χ1) is 36.6. The Morgan fingerprint density at radius 2 is 0.867 bits per heavy atom. The van der Waals surface area contributed by atoms with Crippen molar-refractivity contribution in [3.05, 3.63) is 72.9 Å². The maximum atomic E-state index is 13.1. The number of hydrogen-bond acceptors (Lipinski definition) is 14. The monoisotopic (exact) mass is 1060 g/mol. The Bertz CT molecular complexity index is 1510. The van der Waals surface area contributed by atoms with Crippen LogP contribution in [-0.4, -0.2) is 142 Å². The normalized spacial score (nSPS) is 25.1. The third-order valence-corrected chi connectivity index (χ3v) is 13.7. The summed E-state index contributed by atoms with van der Waals surface area (Å²) in [5.74, 6) is -0.384. The van der Waals surface area contributed by atoms with Gasteiger partial charge in [0, 0.05) is 13.0 Å². The van der Waals surface area contributed by atoms with Gasteiger partial charge in [-0.25, -0.2) is 0 Å². The molecule has 11 atom stereocenters. The molecule has 434 valence electrons. The van der Waals surface area contributed by atoms with Crippen LogP contribution in [0.5, 0.6) is 0 Å². The van der Waals surface area contributed by atoms with Crippen molar-refractivity contribution >= 4 is 5.97 Å². The van der Waals surface area contributed by atoms with E-state index in [1.165, 1.54) is 96.3 Å². The number of allylic oxidation sites excluding steroid dienone is 12. The van der Waals surface area contributed by atoms with E-state index in [-0.39, 0.29) is 25.6 Å². The summed E-state index contributed by atoms with van der Waals surface area (Å²) >= 11 is 0. The first-order valence-corrected chi connectivity index (χ1v) is 29.5. The number of aliphatic hydroxyl groups excluding tert-OH is 7. The van der Waals surface area contributed by atoms with Crippen LogP contribution in [0.1, 0.15) is 206 Å². The van der Waals surface area contributed by atoms with Gasteiger partial charge in [0.2, 0.25) is 0 Å². The summed E-state index contributed by atoms with van der Waals surface area (Å²) in [6.45, 7) is 3.54. The van der Waals surface area contributed by atoms with E-state index in [4.69, 9.17) is 28.4 Å². The molecule has 0 spiro atoms. The molecule has 0 bridgehead atoms. The fraction of sp³-hybridized carbons (Fsp3) is 0.787. The Labute approximate surface area is 453 Å². The van der Waals surface area contributed by atoms with Crippen molar-refractivity contribution in [2.45, 2.75) is 274 Å².